The number of halogens is 1. The summed E-state index contributed by atoms with van der Waals surface area (Å²) in [6.45, 7) is 6.76. The molecule has 0 fully saturated rings. The zero-order valence-electron chi connectivity index (χ0n) is 6.65. The van der Waals surface area contributed by atoms with Crippen molar-refractivity contribution < 1.29 is 0 Å². The van der Waals surface area contributed by atoms with E-state index < -0.39 is 0 Å². The van der Waals surface area contributed by atoms with E-state index in [2.05, 4.69) is 36.7 Å². The maximum Gasteiger partial charge on any atom is 0.0171 e. The van der Waals surface area contributed by atoms with E-state index in [0.29, 0.717) is 0 Å². The summed E-state index contributed by atoms with van der Waals surface area (Å²) in [5, 5.41) is 0. The van der Waals surface area contributed by atoms with Gasteiger partial charge in [-0.25, -0.2) is 0 Å². The minimum Gasteiger partial charge on any atom is -0.0888 e. The molecule has 9 heavy (non-hydrogen) atoms. The first-order valence-electron chi connectivity index (χ1n) is 3.90. The lowest BCUT2D eigenvalue weighted by molar-refractivity contribution is 0.470. The van der Waals surface area contributed by atoms with Gasteiger partial charge in [0.1, 0.15) is 0 Å². The predicted molar refractivity (Wildman–Crippen MR) is 47.1 cm³/mol. The van der Waals surface area contributed by atoms with Crippen LogP contribution in [0.1, 0.15) is 40.0 Å². The lowest BCUT2D eigenvalue weighted by Gasteiger charge is -2.16. The summed E-state index contributed by atoms with van der Waals surface area (Å²) in [6.07, 6.45) is 3.87. The van der Waals surface area contributed by atoms with Crippen molar-refractivity contribution in [2.45, 2.75) is 44.9 Å². The summed E-state index contributed by atoms with van der Waals surface area (Å²) in [5.41, 5.74) is 0. The zero-order valence-corrected chi connectivity index (χ0v) is 8.24. The molecule has 0 spiro atoms. The number of hydrogen-bond donors (Lipinski definition) is 0. The SMILES string of the molecule is CCC(Br)C(CC)CC. The maximum atomic E-state index is 3.66. The third-order valence-corrected chi connectivity index (χ3v) is 3.35. The summed E-state index contributed by atoms with van der Waals surface area (Å²) in [4.78, 5) is 0.743. The Morgan fingerprint density at radius 2 is 1.44 bits per heavy atom. The molecule has 0 bridgehead atoms. The van der Waals surface area contributed by atoms with Gasteiger partial charge in [-0.1, -0.05) is 49.5 Å². The first-order valence-corrected chi connectivity index (χ1v) is 4.81. The van der Waals surface area contributed by atoms with Crippen LogP contribution < -0.4 is 0 Å². The molecule has 0 saturated carbocycles. The van der Waals surface area contributed by atoms with Crippen LogP contribution in [0.5, 0.6) is 0 Å². The van der Waals surface area contributed by atoms with Gasteiger partial charge in [0.05, 0.1) is 0 Å². The summed E-state index contributed by atoms with van der Waals surface area (Å²) in [7, 11) is 0. The van der Waals surface area contributed by atoms with Crippen molar-refractivity contribution in [1.29, 1.82) is 0 Å². The Morgan fingerprint density at radius 1 is 1.00 bits per heavy atom. The molecule has 1 unspecified atom stereocenters. The van der Waals surface area contributed by atoms with E-state index in [9.17, 15) is 0 Å². The summed E-state index contributed by atoms with van der Waals surface area (Å²) >= 11 is 3.66. The van der Waals surface area contributed by atoms with E-state index in [1.54, 1.807) is 0 Å². The maximum absolute atomic E-state index is 3.66. The minimum absolute atomic E-state index is 0.743. The van der Waals surface area contributed by atoms with Crippen LogP contribution in [0.3, 0.4) is 0 Å². The van der Waals surface area contributed by atoms with Crippen LogP contribution >= 0.6 is 15.9 Å². The van der Waals surface area contributed by atoms with Gasteiger partial charge in [-0.3, -0.25) is 0 Å². The van der Waals surface area contributed by atoms with Crippen LogP contribution in [0.25, 0.3) is 0 Å². The summed E-state index contributed by atoms with van der Waals surface area (Å²) in [5.74, 6) is 0.884. The van der Waals surface area contributed by atoms with Gasteiger partial charge in [0.2, 0.25) is 0 Å². The highest BCUT2D eigenvalue weighted by Gasteiger charge is 2.11. The Labute approximate surface area is 67.2 Å². The van der Waals surface area contributed by atoms with Gasteiger partial charge in [-0.15, -0.1) is 0 Å². The molecule has 0 aromatic heterocycles. The Morgan fingerprint density at radius 3 is 1.56 bits per heavy atom. The van der Waals surface area contributed by atoms with E-state index in [-0.39, 0.29) is 0 Å². The smallest absolute Gasteiger partial charge is 0.0171 e. The van der Waals surface area contributed by atoms with Crippen molar-refractivity contribution in [3.63, 3.8) is 0 Å². The van der Waals surface area contributed by atoms with Crippen molar-refractivity contribution in [3.8, 4) is 0 Å². The quantitative estimate of drug-likeness (QED) is 0.598. The summed E-state index contributed by atoms with van der Waals surface area (Å²) in [6, 6.07) is 0. The Hall–Kier alpha value is 0.480. The highest BCUT2D eigenvalue weighted by atomic mass is 79.9. The van der Waals surface area contributed by atoms with Gasteiger partial charge >= 0.3 is 0 Å². The van der Waals surface area contributed by atoms with Gasteiger partial charge < -0.3 is 0 Å². The van der Waals surface area contributed by atoms with E-state index in [1.807, 2.05) is 0 Å². The lowest BCUT2D eigenvalue weighted by Crippen LogP contribution is -2.10. The molecule has 56 valence electrons. The standard InChI is InChI=1S/C8H17Br/c1-4-7(5-2)8(9)6-3/h7-8H,4-6H2,1-3H3. The Bertz CT molecular complexity index is 57.6. The van der Waals surface area contributed by atoms with Crippen LogP contribution in [0, 0.1) is 5.92 Å². The van der Waals surface area contributed by atoms with Crippen molar-refractivity contribution in [3.05, 3.63) is 0 Å². The molecule has 0 N–H and O–H groups in total. The monoisotopic (exact) mass is 192 g/mol. The second-order valence-corrected chi connectivity index (χ2v) is 3.68. The minimum atomic E-state index is 0.743. The lowest BCUT2D eigenvalue weighted by atomic mass is 9.98. The van der Waals surface area contributed by atoms with Gasteiger partial charge in [0.15, 0.2) is 0 Å². The zero-order chi connectivity index (χ0) is 7.28. The normalized spacial score (nSPS) is 14.3. The molecule has 0 aliphatic heterocycles. The molecule has 0 heterocycles. The van der Waals surface area contributed by atoms with Gasteiger partial charge in [0.25, 0.3) is 0 Å². The summed E-state index contributed by atoms with van der Waals surface area (Å²) < 4.78 is 0. The molecule has 0 amide bonds. The molecule has 0 nitrogen and oxygen atoms in total. The van der Waals surface area contributed by atoms with E-state index >= 15 is 0 Å². The van der Waals surface area contributed by atoms with Crippen LogP contribution in [-0.4, -0.2) is 4.83 Å². The molecule has 1 atom stereocenters. The molecule has 0 aliphatic rings. The third-order valence-electron chi connectivity index (χ3n) is 1.95. The first-order chi connectivity index (χ1) is 4.26. The Kier molecular flexibility index (Phi) is 5.56. The molecule has 1 heteroatoms. The number of hydrogen-bond acceptors (Lipinski definition) is 0. The highest BCUT2D eigenvalue weighted by Crippen LogP contribution is 2.22. The van der Waals surface area contributed by atoms with E-state index in [0.717, 1.165) is 10.7 Å². The number of alkyl halides is 1. The second-order valence-electron chi connectivity index (χ2n) is 2.50. The topological polar surface area (TPSA) is 0 Å². The molecular formula is C8H17Br. The van der Waals surface area contributed by atoms with Crippen molar-refractivity contribution in [2.24, 2.45) is 5.92 Å². The Balaban J connectivity index is 3.50. The largest absolute Gasteiger partial charge is 0.0888 e. The first kappa shape index (κ1) is 9.48. The molecule has 0 rings (SSSR count). The molecule has 0 aromatic rings. The fourth-order valence-corrected chi connectivity index (χ4v) is 1.88. The van der Waals surface area contributed by atoms with Crippen LogP contribution in [-0.2, 0) is 0 Å². The van der Waals surface area contributed by atoms with Crippen LogP contribution in [0.15, 0.2) is 0 Å². The van der Waals surface area contributed by atoms with Crippen molar-refractivity contribution >= 4 is 15.9 Å². The van der Waals surface area contributed by atoms with E-state index in [4.69, 9.17) is 0 Å². The average molecular weight is 193 g/mol. The average Bonchev–Trinajstić information content (AvgIpc) is 1.90. The van der Waals surface area contributed by atoms with Gasteiger partial charge in [0, 0.05) is 4.83 Å². The van der Waals surface area contributed by atoms with Crippen molar-refractivity contribution in [2.75, 3.05) is 0 Å². The highest BCUT2D eigenvalue weighted by molar-refractivity contribution is 9.09. The molecule has 0 saturated heterocycles. The predicted octanol–water partition coefficient (Wildman–Crippen LogP) is 3.60. The molecule has 0 radical (unpaired) electrons. The van der Waals surface area contributed by atoms with E-state index in [1.165, 1.54) is 19.3 Å². The van der Waals surface area contributed by atoms with Gasteiger partial charge in [-0.05, 0) is 12.3 Å². The fourth-order valence-electron chi connectivity index (χ4n) is 1.13. The van der Waals surface area contributed by atoms with Crippen molar-refractivity contribution in [1.82, 2.24) is 0 Å². The fraction of sp³-hybridized carbons (Fsp3) is 1.00. The second kappa shape index (κ2) is 5.28. The molecular weight excluding hydrogens is 176 g/mol. The van der Waals surface area contributed by atoms with Gasteiger partial charge in [-0.2, -0.15) is 0 Å². The van der Waals surface area contributed by atoms with Crippen LogP contribution in [0.2, 0.25) is 0 Å². The van der Waals surface area contributed by atoms with Crippen LogP contribution in [0.4, 0.5) is 0 Å². The third kappa shape index (κ3) is 3.24. The molecule has 0 aromatic carbocycles. The number of rotatable bonds is 4. The molecule has 0 aliphatic carbocycles.